The SMILES string of the molecule is CC(=O)OC1=NN(C)C(=O)/C1=C/C=C1/Oc2ccccc2N1C. The summed E-state index contributed by atoms with van der Waals surface area (Å²) in [5.41, 5.74) is 1.13. The first-order valence-electron chi connectivity index (χ1n) is 6.95. The first kappa shape index (κ1) is 14.8. The molecule has 3 rings (SSSR count). The lowest BCUT2D eigenvalue weighted by atomic mass is 10.2. The highest BCUT2D eigenvalue weighted by Crippen LogP contribution is 2.37. The third kappa shape index (κ3) is 2.68. The maximum Gasteiger partial charge on any atom is 0.309 e. The standard InChI is InChI=1S/C16H15N3O4/c1-10(20)22-15-11(16(21)19(3)17-15)8-9-14-18(2)12-6-4-5-7-13(12)23-14/h4-9H,1-3H3/b11-8+,14-9+. The van der Waals surface area contributed by atoms with Gasteiger partial charge in [-0.3, -0.25) is 9.59 Å². The molecule has 2 heterocycles. The Morgan fingerprint density at radius 2 is 2.00 bits per heavy atom. The number of hydrogen-bond acceptors (Lipinski definition) is 6. The fourth-order valence-corrected chi connectivity index (χ4v) is 2.28. The van der Waals surface area contributed by atoms with E-state index in [0.717, 1.165) is 16.4 Å². The second-order valence-electron chi connectivity index (χ2n) is 5.04. The summed E-state index contributed by atoms with van der Waals surface area (Å²) in [6.07, 6.45) is 3.18. The molecule has 0 fully saturated rings. The van der Waals surface area contributed by atoms with Gasteiger partial charge in [0.05, 0.1) is 5.69 Å². The lowest BCUT2D eigenvalue weighted by Crippen LogP contribution is -2.18. The highest BCUT2D eigenvalue weighted by atomic mass is 16.5. The number of anilines is 1. The van der Waals surface area contributed by atoms with Crippen LogP contribution in [0.25, 0.3) is 0 Å². The first-order chi connectivity index (χ1) is 11.0. The van der Waals surface area contributed by atoms with Crippen molar-refractivity contribution in [1.29, 1.82) is 0 Å². The summed E-state index contributed by atoms with van der Waals surface area (Å²) >= 11 is 0. The minimum atomic E-state index is -0.535. The second kappa shape index (κ2) is 5.60. The summed E-state index contributed by atoms with van der Waals surface area (Å²) in [6.45, 7) is 1.26. The molecular weight excluding hydrogens is 298 g/mol. The number of likely N-dealkylation sites (N-methyl/N-ethyl adjacent to an activating group) is 1. The van der Waals surface area contributed by atoms with E-state index in [2.05, 4.69) is 5.10 Å². The van der Waals surface area contributed by atoms with Crippen molar-refractivity contribution in [2.24, 2.45) is 5.10 Å². The Hall–Kier alpha value is -3.09. The lowest BCUT2D eigenvalue weighted by Gasteiger charge is -2.10. The number of para-hydroxylation sites is 2. The van der Waals surface area contributed by atoms with Crippen LogP contribution in [0.2, 0.25) is 0 Å². The molecule has 0 aliphatic carbocycles. The van der Waals surface area contributed by atoms with E-state index < -0.39 is 5.97 Å². The van der Waals surface area contributed by atoms with E-state index in [-0.39, 0.29) is 17.4 Å². The minimum absolute atomic E-state index is 0.0139. The second-order valence-corrected chi connectivity index (χ2v) is 5.04. The van der Waals surface area contributed by atoms with Gasteiger partial charge >= 0.3 is 5.97 Å². The topological polar surface area (TPSA) is 71.4 Å². The monoisotopic (exact) mass is 313 g/mol. The Morgan fingerprint density at radius 1 is 1.26 bits per heavy atom. The molecule has 0 N–H and O–H groups in total. The predicted octanol–water partition coefficient (Wildman–Crippen LogP) is 1.63. The number of ether oxygens (including phenoxy) is 2. The fourth-order valence-electron chi connectivity index (χ4n) is 2.28. The Kier molecular flexibility index (Phi) is 3.61. The summed E-state index contributed by atoms with van der Waals surface area (Å²) in [4.78, 5) is 25.0. The van der Waals surface area contributed by atoms with Crippen molar-refractivity contribution in [3.63, 3.8) is 0 Å². The van der Waals surface area contributed by atoms with Crippen molar-refractivity contribution in [2.75, 3.05) is 19.0 Å². The molecule has 23 heavy (non-hydrogen) atoms. The predicted molar refractivity (Wildman–Crippen MR) is 83.6 cm³/mol. The van der Waals surface area contributed by atoms with E-state index in [1.54, 1.807) is 6.08 Å². The van der Waals surface area contributed by atoms with E-state index in [4.69, 9.17) is 9.47 Å². The van der Waals surface area contributed by atoms with Crippen LogP contribution in [0.1, 0.15) is 6.92 Å². The van der Waals surface area contributed by atoms with Gasteiger partial charge in [0.25, 0.3) is 11.8 Å². The molecule has 7 nitrogen and oxygen atoms in total. The zero-order valence-electron chi connectivity index (χ0n) is 12.9. The van der Waals surface area contributed by atoms with Crippen molar-refractivity contribution >= 4 is 23.5 Å². The van der Waals surface area contributed by atoms with E-state index >= 15 is 0 Å². The molecule has 0 radical (unpaired) electrons. The number of hydrogen-bond donors (Lipinski definition) is 0. The van der Waals surface area contributed by atoms with Gasteiger partial charge in [-0.1, -0.05) is 12.1 Å². The smallest absolute Gasteiger partial charge is 0.309 e. The van der Waals surface area contributed by atoms with Crippen molar-refractivity contribution in [1.82, 2.24) is 5.01 Å². The van der Waals surface area contributed by atoms with Gasteiger partial charge in [0.15, 0.2) is 11.6 Å². The Morgan fingerprint density at radius 3 is 2.70 bits per heavy atom. The van der Waals surface area contributed by atoms with Crippen LogP contribution in [0.3, 0.4) is 0 Å². The largest absolute Gasteiger partial charge is 0.439 e. The molecule has 0 atom stereocenters. The Bertz CT molecular complexity index is 779. The molecule has 0 bridgehead atoms. The molecule has 2 aliphatic rings. The molecular formula is C16H15N3O4. The maximum atomic E-state index is 12.1. The van der Waals surface area contributed by atoms with Crippen LogP contribution in [-0.2, 0) is 14.3 Å². The number of allylic oxidation sites excluding steroid dienone is 2. The van der Waals surface area contributed by atoms with Gasteiger partial charge in [-0.25, -0.2) is 5.01 Å². The number of rotatable bonds is 1. The fraction of sp³-hybridized carbons (Fsp3) is 0.188. The molecule has 0 saturated carbocycles. The Labute approximate surface area is 133 Å². The Balaban J connectivity index is 1.89. The molecule has 1 aromatic rings. The van der Waals surface area contributed by atoms with Gasteiger partial charge in [-0.05, 0) is 24.3 Å². The summed E-state index contributed by atoms with van der Waals surface area (Å²) < 4.78 is 10.7. The maximum absolute atomic E-state index is 12.1. The summed E-state index contributed by atoms with van der Waals surface area (Å²) in [5.74, 6) is 0.398. The normalized spacial score (nSPS) is 20.0. The number of esters is 1. The molecule has 1 aromatic carbocycles. The van der Waals surface area contributed by atoms with Crippen molar-refractivity contribution in [3.8, 4) is 5.75 Å². The van der Waals surface area contributed by atoms with E-state index in [1.807, 2.05) is 36.2 Å². The quantitative estimate of drug-likeness (QED) is 0.582. The molecule has 118 valence electrons. The van der Waals surface area contributed by atoms with Gasteiger partial charge in [0.1, 0.15) is 5.57 Å². The van der Waals surface area contributed by atoms with Gasteiger partial charge in [-0.2, -0.15) is 0 Å². The number of amides is 1. The van der Waals surface area contributed by atoms with Crippen LogP contribution in [-0.4, -0.2) is 36.9 Å². The number of nitrogens with zero attached hydrogens (tertiary/aromatic N) is 3. The molecule has 1 amide bonds. The molecule has 0 unspecified atom stereocenters. The summed E-state index contributed by atoms with van der Waals surface area (Å²) in [6, 6.07) is 7.60. The summed E-state index contributed by atoms with van der Waals surface area (Å²) in [7, 11) is 3.35. The number of carbonyl (C=O) groups excluding carboxylic acids is 2. The molecule has 7 heteroatoms. The van der Waals surface area contributed by atoms with Crippen LogP contribution < -0.4 is 9.64 Å². The van der Waals surface area contributed by atoms with Crippen LogP contribution in [0.15, 0.2) is 53.0 Å². The third-order valence-electron chi connectivity index (χ3n) is 3.40. The zero-order chi connectivity index (χ0) is 16.6. The molecule has 0 spiro atoms. The molecule has 2 aliphatic heterocycles. The van der Waals surface area contributed by atoms with Crippen molar-refractivity contribution in [3.05, 3.63) is 47.9 Å². The average molecular weight is 313 g/mol. The molecule has 0 saturated heterocycles. The van der Waals surface area contributed by atoms with Crippen LogP contribution in [0.4, 0.5) is 5.69 Å². The summed E-state index contributed by atoms with van der Waals surface area (Å²) in [5, 5.41) is 5.02. The van der Waals surface area contributed by atoms with Crippen molar-refractivity contribution in [2.45, 2.75) is 6.92 Å². The average Bonchev–Trinajstić information content (AvgIpc) is 2.96. The van der Waals surface area contributed by atoms with Gasteiger partial charge in [-0.15, -0.1) is 5.10 Å². The van der Waals surface area contributed by atoms with E-state index in [0.29, 0.717) is 5.88 Å². The number of hydrazone groups is 1. The van der Waals surface area contributed by atoms with Crippen LogP contribution >= 0.6 is 0 Å². The highest BCUT2D eigenvalue weighted by Gasteiger charge is 2.30. The number of fused-ring (bicyclic) bond motifs is 1. The van der Waals surface area contributed by atoms with Crippen LogP contribution in [0, 0.1) is 0 Å². The zero-order valence-corrected chi connectivity index (χ0v) is 12.9. The van der Waals surface area contributed by atoms with Gasteiger partial charge in [0, 0.05) is 21.0 Å². The minimum Gasteiger partial charge on any atom is -0.439 e. The van der Waals surface area contributed by atoms with Gasteiger partial charge < -0.3 is 14.4 Å². The number of benzene rings is 1. The highest BCUT2D eigenvalue weighted by molar-refractivity contribution is 6.23. The van der Waals surface area contributed by atoms with Crippen LogP contribution in [0.5, 0.6) is 5.75 Å². The van der Waals surface area contributed by atoms with Crippen molar-refractivity contribution < 1.29 is 19.1 Å². The van der Waals surface area contributed by atoms with E-state index in [1.165, 1.54) is 20.0 Å². The lowest BCUT2D eigenvalue weighted by molar-refractivity contribution is -0.133. The van der Waals surface area contributed by atoms with Gasteiger partial charge in [0.2, 0.25) is 0 Å². The molecule has 0 aromatic heterocycles. The third-order valence-corrected chi connectivity index (χ3v) is 3.40. The number of carbonyl (C=O) groups is 2. The van der Waals surface area contributed by atoms with E-state index in [9.17, 15) is 9.59 Å². The first-order valence-corrected chi connectivity index (χ1v) is 6.95.